The fourth-order valence-corrected chi connectivity index (χ4v) is 5.42. The molecule has 0 aliphatic carbocycles. The molecule has 0 radical (unpaired) electrons. The highest BCUT2D eigenvalue weighted by Gasteiger charge is 2.32. The van der Waals surface area contributed by atoms with Gasteiger partial charge in [-0.2, -0.15) is 4.31 Å². The predicted octanol–water partition coefficient (Wildman–Crippen LogP) is 2.68. The van der Waals surface area contributed by atoms with Gasteiger partial charge < -0.3 is 10.2 Å². The number of piperazine rings is 1. The van der Waals surface area contributed by atoms with E-state index in [1.165, 1.54) is 0 Å². The topological polar surface area (TPSA) is 52.6 Å². The fraction of sp³-hybridized carbons (Fsp3) is 0.526. The lowest BCUT2D eigenvalue weighted by Gasteiger charge is -2.36. The van der Waals surface area contributed by atoms with Gasteiger partial charge in [0.15, 0.2) is 5.11 Å². The number of sulfonamides is 1. The van der Waals surface area contributed by atoms with E-state index in [9.17, 15) is 8.42 Å². The van der Waals surface area contributed by atoms with Crippen molar-refractivity contribution < 1.29 is 8.42 Å². The van der Waals surface area contributed by atoms with Crippen LogP contribution in [0.3, 0.4) is 0 Å². The van der Waals surface area contributed by atoms with Gasteiger partial charge in [-0.3, -0.25) is 0 Å². The molecular weight excluding hydrogens is 366 g/mol. The number of rotatable bonds is 4. The number of nitrogens with zero attached hydrogens (tertiary/aromatic N) is 2. The molecule has 1 aliphatic heterocycles. The first-order chi connectivity index (χ1) is 12.1. The van der Waals surface area contributed by atoms with Crippen molar-refractivity contribution in [2.45, 2.75) is 39.5 Å². The van der Waals surface area contributed by atoms with Gasteiger partial charge in [0, 0.05) is 32.7 Å². The maximum atomic E-state index is 13.3. The van der Waals surface area contributed by atoms with Crippen LogP contribution in [0.4, 0.5) is 0 Å². The van der Waals surface area contributed by atoms with Crippen molar-refractivity contribution in [1.29, 1.82) is 0 Å². The van der Waals surface area contributed by atoms with Crippen molar-refractivity contribution in [3.05, 3.63) is 40.5 Å². The van der Waals surface area contributed by atoms with Crippen LogP contribution in [0.2, 0.25) is 0 Å². The molecular formula is C19H29N3O2S2. The highest BCUT2D eigenvalue weighted by atomic mass is 32.2. The molecule has 1 aromatic carbocycles. The Morgan fingerprint density at radius 1 is 1.12 bits per heavy atom. The number of thiocarbonyl (C=S) groups is 1. The molecule has 1 heterocycles. The van der Waals surface area contributed by atoms with Gasteiger partial charge in [0.05, 0.1) is 4.90 Å². The maximum Gasteiger partial charge on any atom is 0.243 e. The Balaban J connectivity index is 2.17. The maximum absolute atomic E-state index is 13.3. The van der Waals surface area contributed by atoms with Crippen LogP contribution in [0.15, 0.2) is 23.1 Å². The largest absolute Gasteiger partial charge is 0.359 e. The molecule has 5 nitrogen and oxygen atoms in total. The molecule has 1 N–H and O–H groups in total. The normalized spacial score (nSPS) is 15.8. The minimum Gasteiger partial charge on any atom is -0.359 e. The molecule has 0 spiro atoms. The monoisotopic (exact) mass is 395 g/mol. The molecule has 1 aliphatic rings. The Morgan fingerprint density at radius 3 is 2.08 bits per heavy atom. The summed E-state index contributed by atoms with van der Waals surface area (Å²) in [7, 11) is -3.51. The van der Waals surface area contributed by atoms with Crippen LogP contribution in [-0.2, 0) is 10.0 Å². The summed E-state index contributed by atoms with van der Waals surface area (Å²) in [4.78, 5) is 2.48. The quantitative estimate of drug-likeness (QED) is 0.627. The first-order valence-electron chi connectivity index (χ1n) is 8.80. The van der Waals surface area contributed by atoms with E-state index < -0.39 is 10.0 Å². The molecule has 7 heteroatoms. The van der Waals surface area contributed by atoms with Crippen LogP contribution >= 0.6 is 12.2 Å². The van der Waals surface area contributed by atoms with Gasteiger partial charge in [0.2, 0.25) is 10.0 Å². The van der Waals surface area contributed by atoms with Crippen molar-refractivity contribution in [1.82, 2.24) is 14.5 Å². The van der Waals surface area contributed by atoms with Crippen molar-refractivity contribution in [2.24, 2.45) is 0 Å². The van der Waals surface area contributed by atoms with Crippen LogP contribution in [0.1, 0.15) is 29.2 Å². The molecule has 0 atom stereocenters. The molecule has 0 aromatic heterocycles. The highest BCUT2D eigenvalue weighted by molar-refractivity contribution is 7.89. The number of hydrogen-bond donors (Lipinski definition) is 1. The van der Waals surface area contributed by atoms with Crippen molar-refractivity contribution in [3.8, 4) is 0 Å². The lowest BCUT2D eigenvalue weighted by molar-refractivity contribution is 0.264. The number of hydrogen-bond acceptors (Lipinski definition) is 3. The van der Waals surface area contributed by atoms with Gasteiger partial charge in [-0.1, -0.05) is 18.2 Å². The van der Waals surface area contributed by atoms with Crippen LogP contribution in [0, 0.1) is 27.7 Å². The first kappa shape index (κ1) is 20.9. The average molecular weight is 396 g/mol. The molecule has 0 unspecified atom stereocenters. The summed E-state index contributed by atoms with van der Waals surface area (Å²) in [5, 5.41) is 3.82. The smallest absolute Gasteiger partial charge is 0.243 e. The van der Waals surface area contributed by atoms with Crippen LogP contribution in [0.25, 0.3) is 0 Å². The van der Waals surface area contributed by atoms with Crippen molar-refractivity contribution >= 4 is 27.4 Å². The molecule has 1 fully saturated rings. The summed E-state index contributed by atoms with van der Waals surface area (Å²) in [5.41, 5.74) is 4.71. The van der Waals surface area contributed by atoms with E-state index in [2.05, 4.69) is 11.9 Å². The van der Waals surface area contributed by atoms with Gasteiger partial charge in [-0.15, -0.1) is 0 Å². The fourth-order valence-electron chi connectivity index (χ4n) is 3.17. The first-order valence-corrected chi connectivity index (χ1v) is 10.6. The second kappa shape index (κ2) is 8.06. The Bertz CT molecular complexity index is 797. The van der Waals surface area contributed by atoms with Gasteiger partial charge in [-0.05, 0) is 69.1 Å². The van der Waals surface area contributed by atoms with Crippen LogP contribution < -0.4 is 5.32 Å². The summed E-state index contributed by atoms with van der Waals surface area (Å²) < 4.78 is 28.1. The van der Waals surface area contributed by atoms with E-state index in [0.717, 1.165) is 27.8 Å². The summed E-state index contributed by atoms with van der Waals surface area (Å²) in [6.07, 6.45) is 0. The SMILES string of the molecule is C=C(C)CNC(=S)N1CCN(S(=O)(=O)c2c(C)c(C)cc(C)c2C)CC1. The van der Waals surface area contributed by atoms with E-state index >= 15 is 0 Å². The molecule has 1 aromatic rings. The van der Waals surface area contributed by atoms with E-state index in [4.69, 9.17) is 12.2 Å². The molecule has 0 bridgehead atoms. The Kier molecular flexibility index (Phi) is 6.47. The Hall–Kier alpha value is -1.44. The number of aryl methyl sites for hydroxylation is 2. The molecule has 0 amide bonds. The highest BCUT2D eigenvalue weighted by Crippen LogP contribution is 2.29. The molecule has 2 rings (SSSR count). The Morgan fingerprint density at radius 2 is 1.62 bits per heavy atom. The van der Waals surface area contributed by atoms with E-state index in [1.807, 2.05) is 45.6 Å². The van der Waals surface area contributed by atoms with Crippen LogP contribution in [0.5, 0.6) is 0 Å². The predicted molar refractivity (Wildman–Crippen MR) is 111 cm³/mol. The van der Waals surface area contributed by atoms with Gasteiger partial charge >= 0.3 is 0 Å². The zero-order valence-corrected chi connectivity index (χ0v) is 18.0. The zero-order valence-electron chi connectivity index (χ0n) is 16.3. The third-order valence-corrected chi connectivity index (χ3v) is 7.54. The van der Waals surface area contributed by atoms with E-state index in [1.54, 1.807) is 4.31 Å². The van der Waals surface area contributed by atoms with Crippen LogP contribution in [-0.4, -0.2) is 55.5 Å². The Labute approximate surface area is 163 Å². The molecule has 26 heavy (non-hydrogen) atoms. The number of nitrogens with one attached hydrogen (secondary N) is 1. The average Bonchev–Trinajstić information content (AvgIpc) is 2.58. The third kappa shape index (κ3) is 4.27. The van der Waals surface area contributed by atoms with Gasteiger partial charge in [0.25, 0.3) is 0 Å². The van der Waals surface area contributed by atoms with E-state index in [-0.39, 0.29) is 0 Å². The third-order valence-electron chi connectivity index (χ3n) is 4.96. The molecule has 0 saturated carbocycles. The zero-order chi connectivity index (χ0) is 19.6. The van der Waals surface area contributed by atoms with Gasteiger partial charge in [-0.25, -0.2) is 8.42 Å². The minimum absolute atomic E-state index is 0.434. The second-order valence-electron chi connectivity index (χ2n) is 7.10. The minimum atomic E-state index is -3.51. The molecule has 144 valence electrons. The molecule has 1 saturated heterocycles. The lowest BCUT2D eigenvalue weighted by atomic mass is 10.0. The van der Waals surface area contributed by atoms with Crippen molar-refractivity contribution in [2.75, 3.05) is 32.7 Å². The lowest BCUT2D eigenvalue weighted by Crippen LogP contribution is -2.53. The summed E-state index contributed by atoms with van der Waals surface area (Å²) >= 11 is 5.40. The number of benzene rings is 1. The second-order valence-corrected chi connectivity index (χ2v) is 9.36. The summed E-state index contributed by atoms with van der Waals surface area (Å²) in [6.45, 7) is 16.2. The standard InChI is InChI=1S/C19H29N3O2S2/c1-13(2)12-20-19(25)21-7-9-22(10-8-21)26(23,24)18-16(5)14(3)11-15(4)17(18)6/h11H,1,7-10,12H2,2-6H3,(H,20,25). The summed E-state index contributed by atoms with van der Waals surface area (Å²) in [6, 6.07) is 2.05. The van der Waals surface area contributed by atoms with E-state index in [0.29, 0.717) is 42.7 Å². The van der Waals surface area contributed by atoms with Gasteiger partial charge in [0.1, 0.15) is 0 Å². The summed E-state index contributed by atoms with van der Waals surface area (Å²) in [5.74, 6) is 0. The van der Waals surface area contributed by atoms with Crippen molar-refractivity contribution in [3.63, 3.8) is 0 Å².